The molecule has 0 saturated heterocycles. The number of nitrogens with one attached hydrogen (secondary N) is 1. The number of unbranched alkanes of at least 4 members (excludes halogenated alkanes) is 6. The Morgan fingerprint density at radius 1 is 0.895 bits per heavy atom. The van der Waals surface area contributed by atoms with Crippen LogP contribution in [0.15, 0.2) is 0 Å². The van der Waals surface area contributed by atoms with Gasteiger partial charge in [-0.3, -0.25) is 0 Å². The molecule has 0 rings (SSSR count). The predicted octanol–water partition coefficient (Wildman–Crippen LogP) is 4.73. The first-order chi connectivity index (χ1) is 9.11. The third-order valence-corrected chi connectivity index (χ3v) is 3.64. The van der Waals surface area contributed by atoms with Crippen molar-refractivity contribution < 1.29 is 0 Å². The van der Waals surface area contributed by atoms with Crippen molar-refractivity contribution in [3.05, 3.63) is 0 Å². The molecule has 0 atom stereocenters. The molecule has 0 amide bonds. The van der Waals surface area contributed by atoms with Gasteiger partial charge >= 0.3 is 0 Å². The quantitative estimate of drug-likeness (QED) is 0.436. The Kier molecular flexibility index (Phi) is 12.5. The molecule has 0 aromatic carbocycles. The lowest BCUT2D eigenvalue weighted by Crippen LogP contribution is -2.43. The van der Waals surface area contributed by atoms with E-state index in [4.69, 9.17) is 12.2 Å². The Labute approximate surface area is 126 Å². The summed E-state index contributed by atoms with van der Waals surface area (Å²) in [4.78, 5) is 2.38. The molecule has 0 fully saturated rings. The summed E-state index contributed by atoms with van der Waals surface area (Å²) in [5.41, 5.74) is 0. The van der Waals surface area contributed by atoms with Crippen LogP contribution < -0.4 is 5.32 Å². The number of rotatable bonds is 11. The summed E-state index contributed by atoms with van der Waals surface area (Å²) < 4.78 is 0. The first kappa shape index (κ1) is 18.7. The molecule has 114 valence electrons. The van der Waals surface area contributed by atoms with Gasteiger partial charge in [0, 0.05) is 19.1 Å². The van der Waals surface area contributed by atoms with Gasteiger partial charge in [-0.15, -0.1) is 0 Å². The fourth-order valence-corrected chi connectivity index (χ4v) is 2.53. The first-order valence-corrected chi connectivity index (χ1v) is 8.58. The summed E-state index contributed by atoms with van der Waals surface area (Å²) in [6, 6.07) is 0.432. The molecular formula is C16H34N2S. The Bertz CT molecular complexity index is 205. The van der Waals surface area contributed by atoms with E-state index in [1.807, 2.05) is 0 Å². The van der Waals surface area contributed by atoms with Crippen LogP contribution in [-0.4, -0.2) is 29.1 Å². The second-order valence-corrected chi connectivity index (χ2v) is 6.10. The van der Waals surface area contributed by atoms with Crippen molar-refractivity contribution in [2.45, 2.75) is 85.1 Å². The molecule has 1 N–H and O–H groups in total. The highest BCUT2D eigenvalue weighted by Crippen LogP contribution is 2.06. The largest absolute Gasteiger partial charge is 0.360 e. The highest BCUT2D eigenvalue weighted by Gasteiger charge is 2.09. The van der Waals surface area contributed by atoms with Crippen molar-refractivity contribution in [2.24, 2.45) is 0 Å². The highest BCUT2D eigenvalue weighted by molar-refractivity contribution is 7.80. The van der Waals surface area contributed by atoms with Crippen LogP contribution in [0, 0.1) is 0 Å². The fraction of sp³-hybridized carbons (Fsp3) is 0.938. The number of thiocarbonyl (C=S) groups is 1. The average molecular weight is 287 g/mol. The number of hydrogen-bond donors (Lipinski definition) is 1. The van der Waals surface area contributed by atoms with Gasteiger partial charge in [-0.05, 0) is 38.9 Å². The van der Waals surface area contributed by atoms with Gasteiger partial charge in [-0.1, -0.05) is 52.4 Å². The number of hydrogen-bond acceptors (Lipinski definition) is 1. The average Bonchev–Trinajstić information content (AvgIpc) is 2.36. The number of nitrogens with zero attached hydrogens (tertiary/aromatic N) is 1. The van der Waals surface area contributed by atoms with Crippen LogP contribution in [0.25, 0.3) is 0 Å². The van der Waals surface area contributed by atoms with Crippen molar-refractivity contribution in [3.8, 4) is 0 Å². The summed E-state index contributed by atoms with van der Waals surface area (Å²) in [5.74, 6) is 0. The van der Waals surface area contributed by atoms with E-state index < -0.39 is 0 Å². The van der Waals surface area contributed by atoms with Crippen LogP contribution in [0.5, 0.6) is 0 Å². The van der Waals surface area contributed by atoms with Crippen molar-refractivity contribution in [2.75, 3.05) is 13.1 Å². The molecule has 0 aromatic rings. The Balaban J connectivity index is 4.02. The summed E-state index contributed by atoms with van der Waals surface area (Å²) in [5, 5.41) is 4.33. The van der Waals surface area contributed by atoms with Gasteiger partial charge in [0.1, 0.15) is 0 Å². The summed E-state index contributed by atoms with van der Waals surface area (Å²) in [7, 11) is 0. The van der Waals surface area contributed by atoms with Crippen molar-refractivity contribution >= 4 is 17.3 Å². The van der Waals surface area contributed by atoms with Crippen LogP contribution in [0.2, 0.25) is 0 Å². The molecule has 2 nitrogen and oxygen atoms in total. The maximum atomic E-state index is 5.52. The van der Waals surface area contributed by atoms with Crippen LogP contribution in [0.4, 0.5) is 0 Å². The summed E-state index contributed by atoms with van der Waals surface area (Å²) in [6.45, 7) is 11.0. The molecule has 0 aliphatic heterocycles. The van der Waals surface area contributed by atoms with Gasteiger partial charge in [-0.25, -0.2) is 0 Å². The van der Waals surface area contributed by atoms with E-state index >= 15 is 0 Å². The maximum Gasteiger partial charge on any atom is 0.169 e. The molecule has 0 radical (unpaired) electrons. The van der Waals surface area contributed by atoms with Crippen LogP contribution in [-0.2, 0) is 0 Å². The molecule has 0 aliphatic rings. The van der Waals surface area contributed by atoms with Crippen LogP contribution in [0.1, 0.15) is 79.1 Å². The zero-order chi connectivity index (χ0) is 14.5. The predicted molar refractivity (Wildman–Crippen MR) is 90.7 cm³/mol. The maximum absolute atomic E-state index is 5.52. The lowest BCUT2D eigenvalue weighted by Gasteiger charge is -2.27. The fourth-order valence-electron chi connectivity index (χ4n) is 2.11. The smallest absolute Gasteiger partial charge is 0.169 e. The molecule has 0 heterocycles. The van der Waals surface area contributed by atoms with E-state index in [-0.39, 0.29) is 0 Å². The highest BCUT2D eigenvalue weighted by atomic mass is 32.1. The Morgan fingerprint density at radius 3 is 1.74 bits per heavy atom. The second kappa shape index (κ2) is 12.7. The molecule has 0 aliphatic carbocycles. The first-order valence-electron chi connectivity index (χ1n) is 8.17. The Morgan fingerprint density at radius 2 is 1.37 bits per heavy atom. The molecule has 0 spiro atoms. The van der Waals surface area contributed by atoms with E-state index in [0.717, 1.165) is 18.2 Å². The normalized spacial score (nSPS) is 10.8. The summed E-state index contributed by atoms with van der Waals surface area (Å²) >= 11 is 5.52. The molecule has 19 heavy (non-hydrogen) atoms. The molecule has 0 saturated carbocycles. The topological polar surface area (TPSA) is 15.3 Å². The van der Waals surface area contributed by atoms with Crippen molar-refractivity contribution in [1.29, 1.82) is 0 Å². The van der Waals surface area contributed by atoms with Gasteiger partial charge < -0.3 is 10.2 Å². The third-order valence-electron chi connectivity index (χ3n) is 3.26. The van der Waals surface area contributed by atoms with Gasteiger partial charge in [0.25, 0.3) is 0 Å². The van der Waals surface area contributed by atoms with Gasteiger partial charge in [0.05, 0.1) is 0 Å². The van der Waals surface area contributed by atoms with Gasteiger partial charge in [-0.2, -0.15) is 0 Å². The lowest BCUT2D eigenvalue weighted by molar-refractivity contribution is 0.378. The molecule has 0 bridgehead atoms. The van der Waals surface area contributed by atoms with Crippen molar-refractivity contribution in [3.63, 3.8) is 0 Å². The third kappa shape index (κ3) is 11.2. The molecular weight excluding hydrogens is 252 g/mol. The summed E-state index contributed by atoms with van der Waals surface area (Å²) in [6.07, 6.45) is 10.5. The lowest BCUT2D eigenvalue weighted by atomic mass is 10.2. The molecule has 3 heteroatoms. The van der Waals surface area contributed by atoms with E-state index in [9.17, 15) is 0 Å². The van der Waals surface area contributed by atoms with Gasteiger partial charge in [0.15, 0.2) is 5.11 Å². The van der Waals surface area contributed by atoms with E-state index in [1.54, 1.807) is 0 Å². The minimum Gasteiger partial charge on any atom is -0.360 e. The Hall–Kier alpha value is -0.310. The molecule has 0 aromatic heterocycles. The zero-order valence-corrected chi connectivity index (χ0v) is 14.3. The van der Waals surface area contributed by atoms with Crippen LogP contribution in [0.3, 0.4) is 0 Å². The van der Waals surface area contributed by atoms with E-state index in [2.05, 4.69) is 37.9 Å². The van der Waals surface area contributed by atoms with Crippen molar-refractivity contribution in [1.82, 2.24) is 10.2 Å². The SMILES string of the molecule is CCCCCCN(CCCCCC)C(=S)NC(C)C. The molecule has 0 unspecified atom stereocenters. The van der Waals surface area contributed by atoms with E-state index in [1.165, 1.54) is 51.4 Å². The minimum atomic E-state index is 0.432. The van der Waals surface area contributed by atoms with Crippen LogP contribution >= 0.6 is 12.2 Å². The monoisotopic (exact) mass is 286 g/mol. The second-order valence-electron chi connectivity index (χ2n) is 5.71. The zero-order valence-electron chi connectivity index (χ0n) is 13.5. The van der Waals surface area contributed by atoms with E-state index in [0.29, 0.717) is 6.04 Å². The minimum absolute atomic E-state index is 0.432. The standard InChI is InChI=1S/C16H34N2S/c1-5-7-9-11-13-18(14-12-10-8-6-2)16(19)17-15(3)4/h15H,5-14H2,1-4H3,(H,17,19). The van der Waals surface area contributed by atoms with Gasteiger partial charge in [0.2, 0.25) is 0 Å².